The maximum atomic E-state index is 6.17. The van der Waals surface area contributed by atoms with Gasteiger partial charge in [0.05, 0.1) is 15.1 Å². The number of hydrogen-bond donors (Lipinski definition) is 1. The van der Waals surface area contributed by atoms with Crippen LogP contribution in [-0.4, -0.2) is 14.9 Å². The summed E-state index contributed by atoms with van der Waals surface area (Å²) in [5, 5.41) is 10.5. The van der Waals surface area contributed by atoms with Gasteiger partial charge in [0.25, 0.3) is 0 Å². The first-order valence-electron chi connectivity index (χ1n) is 6.58. The predicted octanol–water partition coefficient (Wildman–Crippen LogP) is 4.91. The molecule has 1 heterocycles. The van der Waals surface area contributed by atoms with Crippen LogP contribution in [0.2, 0.25) is 15.1 Å². The Hall–Kier alpha value is -1.40. The number of nitrogens with zero attached hydrogens (tertiary/aromatic N) is 3. The van der Waals surface area contributed by atoms with E-state index in [2.05, 4.69) is 10.2 Å². The molecule has 3 rings (SSSR count). The number of nitrogen functional groups attached to an aromatic ring is 1. The molecule has 4 nitrogen and oxygen atoms in total. The third kappa shape index (κ3) is 3.58. The summed E-state index contributed by atoms with van der Waals surface area (Å²) in [5.74, 6) is 7.26. The predicted molar refractivity (Wildman–Crippen MR) is 96.6 cm³/mol. The van der Waals surface area contributed by atoms with Crippen LogP contribution in [0.1, 0.15) is 5.56 Å². The first kappa shape index (κ1) is 16.5. The number of benzene rings is 2. The smallest absolute Gasteiger partial charge is 0.210 e. The number of hydrogen-bond acceptors (Lipinski definition) is 4. The van der Waals surface area contributed by atoms with E-state index in [1.807, 2.05) is 30.3 Å². The summed E-state index contributed by atoms with van der Waals surface area (Å²) in [4.78, 5) is 0. The van der Waals surface area contributed by atoms with Gasteiger partial charge in [-0.25, -0.2) is 4.68 Å². The van der Waals surface area contributed by atoms with E-state index >= 15 is 0 Å². The zero-order chi connectivity index (χ0) is 16.4. The van der Waals surface area contributed by atoms with Crippen molar-refractivity contribution in [1.82, 2.24) is 14.9 Å². The molecular weight excluding hydrogens is 375 g/mol. The van der Waals surface area contributed by atoms with Crippen molar-refractivity contribution in [1.29, 1.82) is 0 Å². The van der Waals surface area contributed by atoms with Gasteiger partial charge in [0.1, 0.15) is 0 Å². The standard InChI is InChI=1S/C15H11Cl3N4S/c16-11-4-2-1-3-10(11)14-20-21-15(22(14)19)23-8-9-5-6-12(17)13(18)7-9/h1-7H,8,19H2. The second-order valence-corrected chi connectivity index (χ2v) is 6.86. The molecule has 0 aliphatic heterocycles. The van der Waals surface area contributed by atoms with E-state index in [9.17, 15) is 0 Å². The Morgan fingerprint density at radius 1 is 0.957 bits per heavy atom. The van der Waals surface area contributed by atoms with Crippen LogP contribution in [0.3, 0.4) is 0 Å². The second-order valence-electron chi connectivity index (χ2n) is 4.69. The van der Waals surface area contributed by atoms with Crippen LogP contribution in [0.25, 0.3) is 11.4 Å². The topological polar surface area (TPSA) is 56.7 Å². The van der Waals surface area contributed by atoms with Gasteiger partial charge in [-0.3, -0.25) is 0 Å². The molecule has 3 aromatic rings. The quantitative estimate of drug-likeness (QED) is 0.512. The molecule has 2 N–H and O–H groups in total. The molecule has 0 aliphatic rings. The normalized spacial score (nSPS) is 10.9. The van der Waals surface area contributed by atoms with Gasteiger partial charge >= 0.3 is 0 Å². The van der Waals surface area contributed by atoms with E-state index in [-0.39, 0.29) is 0 Å². The Bertz CT molecular complexity index is 850. The number of rotatable bonds is 4. The van der Waals surface area contributed by atoms with E-state index < -0.39 is 0 Å². The highest BCUT2D eigenvalue weighted by Crippen LogP contribution is 2.30. The third-order valence-corrected chi connectivity index (χ3v) is 5.21. The third-order valence-electron chi connectivity index (χ3n) is 3.13. The molecule has 8 heteroatoms. The Morgan fingerprint density at radius 3 is 2.48 bits per heavy atom. The molecule has 0 saturated carbocycles. The molecule has 0 unspecified atom stereocenters. The highest BCUT2D eigenvalue weighted by Gasteiger charge is 2.14. The molecule has 23 heavy (non-hydrogen) atoms. The molecule has 0 spiro atoms. The van der Waals surface area contributed by atoms with Crippen LogP contribution in [0.5, 0.6) is 0 Å². The van der Waals surface area contributed by atoms with Crippen LogP contribution in [-0.2, 0) is 5.75 Å². The van der Waals surface area contributed by atoms with Crippen molar-refractivity contribution in [3.8, 4) is 11.4 Å². The number of thioether (sulfide) groups is 1. The van der Waals surface area contributed by atoms with Crippen LogP contribution < -0.4 is 5.84 Å². The molecule has 0 bridgehead atoms. The number of aromatic nitrogens is 3. The van der Waals surface area contributed by atoms with Crippen molar-refractivity contribution in [3.05, 3.63) is 63.1 Å². The lowest BCUT2D eigenvalue weighted by Gasteiger charge is -2.05. The van der Waals surface area contributed by atoms with Crippen molar-refractivity contribution >= 4 is 46.6 Å². The van der Waals surface area contributed by atoms with Crippen LogP contribution in [0.15, 0.2) is 47.6 Å². The molecule has 0 aliphatic carbocycles. The Balaban J connectivity index is 1.80. The SMILES string of the molecule is Nn1c(SCc2ccc(Cl)c(Cl)c2)nnc1-c1ccccc1Cl. The fourth-order valence-corrected chi connectivity index (χ4v) is 3.32. The average Bonchev–Trinajstić information content (AvgIpc) is 2.90. The summed E-state index contributed by atoms with van der Waals surface area (Å²) in [6.45, 7) is 0. The summed E-state index contributed by atoms with van der Waals surface area (Å²) in [5.41, 5.74) is 1.76. The average molecular weight is 386 g/mol. The van der Waals surface area contributed by atoms with Gasteiger partial charge in [-0.1, -0.05) is 64.8 Å². The minimum atomic E-state index is 0.521. The summed E-state index contributed by atoms with van der Waals surface area (Å²) < 4.78 is 1.43. The summed E-state index contributed by atoms with van der Waals surface area (Å²) in [6, 6.07) is 12.9. The van der Waals surface area contributed by atoms with Crippen molar-refractivity contribution in [2.24, 2.45) is 0 Å². The minimum absolute atomic E-state index is 0.521. The van der Waals surface area contributed by atoms with Gasteiger partial charge in [-0.15, -0.1) is 10.2 Å². The van der Waals surface area contributed by atoms with E-state index in [4.69, 9.17) is 40.6 Å². The number of halogens is 3. The Kier molecular flexibility index (Phi) is 5.02. The van der Waals surface area contributed by atoms with Crippen molar-refractivity contribution in [3.63, 3.8) is 0 Å². The van der Waals surface area contributed by atoms with Crippen molar-refractivity contribution in [2.45, 2.75) is 10.9 Å². The molecule has 0 atom stereocenters. The largest absolute Gasteiger partial charge is 0.335 e. The van der Waals surface area contributed by atoms with Gasteiger partial charge in [-0.05, 0) is 29.8 Å². The van der Waals surface area contributed by atoms with Gasteiger partial charge in [-0.2, -0.15) is 0 Å². The van der Waals surface area contributed by atoms with Crippen molar-refractivity contribution in [2.75, 3.05) is 5.84 Å². The van der Waals surface area contributed by atoms with Crippen LogP contribution >= 0.6 is 46.6 Å². The fourth-order valence-electron chi connectivity index (χ4n) is 1.98. The van der Waals surface area contributed by atoms with Crippen LogP contribution in [0, 0.1) is 0 Å². The zero-order valence-electron chi connectivity index (χ0n) is 11.7. The first-order chi connectivity index (χ1) is 11.1. The van der Waals surface area contributed by atoms with Crippen molar-refractivity contribution < 1.29 is 0 Å². The van der Waals surface area contributed by atoms with Gasteiger partial charge in [0, 0.05) is 11.3 Å². The lowest BCUT2D eigenvalue weighted by atomic mass is 10.2. The van der Waals surface area contributed by atoms with Gasteiger partial charge < -0.3 is 5.84 Å². The molecule has 1 aromatic heterocycles. The van der Waals surface area contributed by atoms with Gasteiger partial charge in [0.2, 0.25) is 5.16 Å². The highest BCUT2D eigenvalue weighted by atomic mass is 35.5. The molecular formula is C15H11Cl3N4S. The highest BCUT2D eigenvalue weighted by molar-refractivity contribution is 7.98. The second kappa shape index (κ2) is 7.01. The van der Waals surface area contributed by atoms with E-state index in [1.54, 1.807) is 12.1 Å². The number of nitrogens with two attached hydrogens (primary N) is 1. The Morgan fingerprint density at radius 2 is 1.74 bits per heavy atom. The monoisotopic (exact) mass is 384 g/mol. The summed E-state index contributed by atoms with van der Waals surface area (Å²) in [6.07, 6.45) is 0. The van der Waals surface area contributed by atoms with E-state index in [0.717, 1.165) is 11.1 Å². The molecule has 2 aromatic carbocycles. The molecule has 0 fully saturated rings. The zero-order valence-corrected chi connectivity index (χ0v) is 14.8. The molecule has 0 saturated heterocycles. The summed E-state index contributed by atoms with van der Waals surface area (Å²) in [7, 11) is 0. The molecule has 0 amide bonds. The Labute approximate surface area is 152 Å². The lowest BCUT2D eigenvalue weighted by molar-refractivity contribution is 0.849. The molecule has 118 valence electrons. The van der Waals surface area contributed by atoms with Gasteiger partial charge in [0.15, 0.2) is 5.82 Å². The van der Waals surface area contributed by atoms with E-state index in [1.165, 1.54) is 16.4 Å². The molecule has 0 radical (unpaired) electrons. The maximum Gasteiger partial charge on any atom is 0.210 e. The minimum Gasteiger partial charge on any atom is -0.335 e. The maximum absolute atomic E-state index is 6.17. The first-order valence-corrected chi connectivity index (χ1v) is 8.70. The lowest BCUT2D eigenvalue weighted by Crippen LogP contribution is -2.11. The fraction of sp³-hybridized carbons (Fsp3) is 0.0667. The summed E-state index contributed by atoms with van der Waals surface area (Å²) >= 11 is 19.6. The van der Waals surface area contributed by atoms with Crippen LogP contribution in [0.4, 0.5) is 0 Å². The van der Waals surface area contributed by atoms with E-state index in [0.29, 0.717) is 31.8 Å².